The van der Waals surface area contributed by atoms with Gasteiger partial charge in [-0.1, -0.05) is 34.1 Å². The maximum absolute atomic E-state index is 9.17. The molecule has 1 heterocycles. The van der Waals surface area contributed by atoms with Crippen molar-refractivity contribution in [2.24, 2.45) is 0 Å². The summed E-state index contributed by atoms with van der Waals surface area (Å²) < 4.78 is 12.0. The van der Waals surface area contributed by atoms with Gasteiger partial charge in [-0.2, -0.15) is 5.26 Å². The Morgan fingerprint density at radius 2 is 2.05 bits per heavy atom. The van der Waals surface area contributed by atoms with Crippen molar-refractivity contribution in [3.05, 3.63) is 58.3 Å². The molecule has 104 valence electrons. The van der Waals surface area contributed by atoms with Crippen LogP contribution in [0, 0.1) is 11.3 Å². The third-order valence-electron chi connectivity index (χ3n) is 3.07. The molecule has 2 aromatic carbocycles. The van der Waals surface area contributed by atoms with E-state index >= 15 is 0 Å². The lowest BCUT2D eigenvalue weighted by Gasteiger charge is -2.07. The summed E-state index contributed by atoms with van der Waals surface area (Å²) in [5.41, 5.74) is 1.37. The van der Waals surface area contributed by atoms with Crippen LogP contribution in [-0.4, -0.2) is 5.11 Å². The van der Waals surface area contributed by atoms with Gasteiger partial charge in [0.2, 0.25) is 5.76 Å². The number of benzene rings is 2. The minimum absolute atomic E-state index is 0.0566. The van der Waals surface area contributed by atoms with E-state index < -0.39 is 0 Å². The maximum atomic E-state index is 9.17. The first-order chi connectivity index (χ1) is 10.2. The molecule has 0 radical (unpaired) electrons. The van der Waals surface area contributed by atoms with Gasteiger partial charge < -0.3 is 14.3 Å². The maximum Gasteiger partial charge on any atom is 0.247 e. The Morgan fingerprint density at radius 3 is 2.76 bits per heavy atom. The Bertz CT molecular complexity index is 848. The van der Waals surface area contributed by atoms with Crippen LogP contribution >= 0.6 is 15.9 Å². The van der Waals surface area contributed by atoms with E-state index in [0.717, 1.165) is 15.4 Å². The standard InChI is InChI=1S/C16H10BrNO3/c17-13-7-11(6-5-10(13)9-19)20-16-12-3-1-2-4-14(12)21-15(16)8-18/h1-7,19H,9H2. The highest BCUT2D eigenvalue weighted by Gasteiger charge is 2.16. The van der Waals surface area contributed by atoms with Crippen LogP contribution in [0.4, 0.5) is 0 Å². The first-order valence-corrected chi connectivity index (χ1v) is 7.01. The van der Waals surface area contributed by atoms with Crippen LogP contribution in [-0.2, 0) is 6.61 Å². The van der Waals surface area contributed by atoms with Gasteiger partial charge in [-0.25, -0.2) is 0 Å². The molecule has 0 spiro atoms. The summed E-state index contributed by atoms with van der Waals surface area (Å²) >= 11 is 3.37. The Kier molecular flexibility index (Phi) is 3.65. The molecule has 0 aliphatic rings. The van der Waals surface area contributed by atoms with Gasteiger partial charge in [-0.05, 0) is 29.8 Å². The van der Waals surface area contributed by atoms with Crippen LogP contribution in [0.3, 0.4) is 0 Å². The molecule has 1 aromatic heterocycles. The molecular formula is C16H10BrNO3. The molecule has 1 N–H and O–H groups in total. The van der Waals surface area contributed by atoms with Crippen molar-refractivity contribution in [3.63, 3.8) is 0 Å². The predicted molar refractivity (Wildman–Crippen MR) is 81.1 cm³/mol. The molecule has 0 fully saturated rings. The van der Waals surface area contributed by atoms with Gasteiger partial charge in [0.25, 0.3) is 0 Å². The summed E-state index contributed by atoms with van der Waals surface area (Å²) in [7, 11) is 0. The third kappa shape index (κ3) is 2.51. The molecule has 0 aliphatic heterocycles. The van der Waals surface area contributed by atoms with Gasteiger partial charge in [0.1, 0.15) is 17.4 Å². The number of para-hydroxylation sites is 1. The number of nitrogens with zero attached hydrogens (tertiary/aromatic N) is 1. The van der Waals surface area contributed by atoms with Gasteiger partial charge in [0, 0.05) is 4.47 Å². The number of rotatable bonds is 3. The van der Waals surface area contributed by atoms with Crippen molar-refractivity contribution >= 4 is 26.9 Å². The third-order valence-corrected chi connectivity index (χ3v) is 3.80. The summed E-state index contributed by atoms with van der Waals surface area (Å²) in [5, 5.41) is 19.1. The fourth-order valence-electron chi connectivity index (χ4n) is 2.03. The van der Waals surface area contributed by atoms with Gasteiger partial charge in [-0.3, -0.25) is 0 Å². The normalized spacial score (nSPS) is 10.5. The zero-order valence-corrected chi connectivity index (χ0v) is 12.4. The molecule has 0 saturated carbocycles. The van der Waals surface area contributed by atoms with Crippen molar-refractivity contribution in [1.82, 2.24) is 0 Å². The summed E-state index contributed by atoms with van der Waals surface area (Å²) in [5.74, 6) is 1.09. The van der Waals surface area contributed by atoms with Gasteiger partial charge in [0.15, 0.2) is 5.75 Å². The van der Waals surface area contributed by atoms with Crippen molar-refractivity contribution in [2.75, 3.05) is 0 Å². The van der Waals surface area contributed by atoms with Gasteiger partial charge in [0.05, 0.1) is 12.0 Å². The molecule has 3 rings (SSSR count). The first-order valence-electron chi connectivity index (χ1n) is 6.21. The first kappa shape index (κ1) is 13.7. The van der Waals surface area contributed by atoms with E-state index in [0.29, 0.717) is 17.1 Å². The van der Waals surface area contributed by atoms with E-state index in [1.165, 1.54) is 0 Å². The van der Waals surface area contributed by atoms with Crippen molar-refractivity contribution < 1.29 is 14.3 Å². The van der Waals surface area contributed by atoms with Crippen LogP contribution in [0.5, 0.6) is 11.5 Å². The highest BCUT2D eigenvalue weighted by Crippen LogP contribution is 2.36. The summed E-state index contributed by atoms with van der Waals surface area (Å²) in [6, 6.07) is 14.6. The molecule has 0 unspecified atom stereocenters. The van der Waals surface area contributed by atoms with E-state index in [1.807, 2.05) is 24.3 Å². The van der Waals surface area contributed by atoms with Crippen molar-refractivity contribution in [3.8, 4) is 17.6 Å². The zero-order chi connectivity index (χ0) is 14.8. The van der Waals surface area contributed by atoms with Crippen LogP contribution in [0.25, 0.3) is 11.0 Å². The van der Waals surface area contributed by atoms with E-state index in [4.69, 9.17) is 19.5 Å². The van der Waals surface area contributed by atoms with Gasteiger partial charge in [-0.15, -0.1) is 0 Å². The quantitative estimate of drug-likeness (QED) is 0.767. The Morgan fingerprint density at radius 1 is 1.24 bits per heavy atom. The number of aliphatic hydroxyl groups is 1. The highest BCUT2D eigenvalue weighted by atomic mass is 79.9. The fraction of sp³-hybridized carbons (Fsp3) is 0.0625. The minimum Gasteiger partial charge on any atom is -0.452 e. The summed E-state index contributed by atoms with van der Waals surface area (Å²) in [4.78, 5) is 0. The van der Waals surface area contributed by atoms with Crippen LogP contribution in [0.15, 0.2) is 51.4 Å². The minimum atomic E-state index is -0.0566. The largest absolute Gasteiger partial charge is 0.452 e. The Labute approximate surface area is 129 Å². The van der Waals surface area contributed by atoms with Crippen molar-refractivity contribution in [2.45, 2.75) is 6.61 Å². The number of hydrogen-bond acceptors (Lipinski definition) is 4. The monoisotopic (exact) mass is 343 g/mol. The molecule has 0 saturated heterocycles. The summed E-state index contributed by atoms with van der Waals surface area (Å²) in [6.45, 7) is -0.0566. The SMILES string of the molecule is N#Cc1oc2ccccc2c1Oc1ccc(CO)c(Br)c1. The second-order valence-corrected chi connectivity index (χ2v) is 5.24. The zero-order valence-electron chi connectivity index (χ0n) is 10.8. The summed E-state index contributed by atoms with van der Waals surface area (Å²) in [6.07, 6.45) is 0. The number of halogens is 1. The molecule has 0 amide bonds. The van der Waals surface area contributed by atoms with Crippen LogP contribution in [0.1, 0.15) is 11.3 Å². The lowest BCUT2D eigenvalue weighted by Crippen LogP contribution is -1.89. The second-order valence-electron chi connectivity index (χ2n) is 4.38. The van der Waals surface area contributed by atoms with E-state index in [1.54, 1.807) is 24.3 Å². The number of nitriles is 1. The smallest absolute Gasteiger partial charge is 0.247 e. The molecule has 0 atom stereocenters. The van der Waals surface area contributed by atoms with Gasteiger partial charge >= 0.3 is 0 Å². The fourth-order valence-corrected chi connectivity index (χ4v) is 2.52. The molecule has 5 heteroatoms. The Hall–Kier alpha value is -2.29. The van der Waals surface area contributed by atoms with E-state index in [9.17, 15) is 0 Å². The Balaban J connectivity index is 2.05. The number of hydrogen-bond donors (Lipinski definition) is 1. The number of furan rings is 1. The second kappa shape index (κ2) is 5.60. The molecule has 3 aromatic rings. The average molecular weight is 344 g/mol. The topological polar surface area (TPSA) is 66.4 Å². The van der Waals surface area contributed by atoms with Crippen LogP contribution < -0.4 is 4.74 Å². The van der Waals surface area contributed by atoms with Crippen molar-refractivity contribution in [1.29, 1.82) is 5.26 Å². The number of fused-ring (bicyclic) bond motifs is 1. The highest BCUT2D eigenvalue weighted by molar-refractivity contribution is 9.10. The van der Waals surface area contributed by atoms with E-state index in [-0.39, 0.29) is 12.4 Å². The molecule has 0 aliphatic carbocycles. The van der Waals surface area contributed by atoms with E-state index in [2.05, 4.69) is 15.9 Å². The molecule has 0 bridgehead atoms. The lowest BCUT2D eigenvalue weighted by molar-refractivity contribution is 0.281. The molecular weight excluding hydrogens is 334 g/mol. The molecule has 4 nitrogen and oxygen atoms in total. The molecule has 21 heavy (non-hydrogen) atoms. The lowest BCUT2D eigenvalue weighted by atomic mass is 10.2. The number of ether oxygens (including phenoxy) is 1. The number of aliphatic hydroxyl groups excluding tert-OH is 1. The predicted octanol–water partition coefficient (Wildman–Crippen LogP) is 4.35. The average Bonchev–Trinajstić information content (AvgIpc) is 2.86. The van der Waals surface area contributed by atoms with Crippen LogP contribution in [0.2, 0.25) is 0 Å².